The molecule has 1 aliphatic heterocycles. The summed E-state index contributed by atoms with van der Waals surface area (Å²) in [6.07, 6.45) is 2.82. The number of hydrogen-bond donors (Lipinski definition) is 1. The first-order chi connectivity index (χ1) is 17.2. The van der Waals surface area contributed by atoms with E-state index in [1.165, 1.54) is 0 Å². The van der Waals surface area contributed by atoms with Gasteiger partial charge in [0.1, 0.15) is 0 Å². The van der Waals surface area contributed by atoms with Crippen molar-refractivity contribution < 1.29 is 17.9 Å². The minimum atomic E-state index is -3.67. The third-order valence-corrected chi connectivity index (χ3v) is 9.04. The van der Waals surface area contributed by atoms with Gasteiger partial charge in [0.15, 0.2) is 0 Å². The number of benzene rings is 2. The first kappa shape index (κ1) is 25.0. The van der Waals surface area contributed by atoms with Crippen molar-refractivity contribution in [1.29, 1.82) is 0 Å². The molecule has 1 saturated heterocycles. The molecule has 0 bridgehead atoms. The Morgan fingerprint density at radius 1 is 0.944 bits per heavy atom. The molecule has 2 fully saturated rings. The Hall–Kier alpha value is -2.68. The van der Waals surface area contributed by atoms with Gasteiger partial charge in [-0.15, -0.1) is 0 Å². The molecule has 0 radical (unpaired) electrons. The molecule has 1 aliphatic carbocycles. The van der Waals surface area contributed by atoms with Crippen LogP contribution in [0.5, 0.6) is 0 Å². The van der Waals surface area contributed by atoms with Crippen LogP contribution in [-0.4, -0.2) is 55.1 Å². The molecular formula is C28H35N3O4S. The molecule has 7 nitrogen and oxygen atoms in total. The van der Waals surface area contributed by atoms with Crippen molar-refractivity contribution >= 4 is 26.8 Å². The van der Waals surface area contributed by atoms with E-state index < -0.39 is 10.0 Å². The Bertz CT molecular complexity index is 1330. The molecular weight excluding hydrogens is 474 g/mol. The first-order valence-electron chi connectivity index (χ1n) is 12.8. The van der Waals surface area contributed by atoms with Crippen LogP contribution >= 0.6 is 0 Å². The van der Waals surface area contributed by atoms with Crippen LogP contribution in [-0.2, 0) is 26.6 Å². The SMILES string of the molecule is C[C@@H]1CN(C(=O)[C@H]2CC[C@H](NS(=O)(=O)c3ccc4cc(-c5ccccc5)n(C)c4c3)CC2)C[C@H](C)O1. The van der Waals surface area contributed by atoms with Gasteiger partial charge in [-0.3, -0.25) is 4.79 Å². The van der Waals surface area contributed by atoms with Gasteiger partial charge in [-0.25, -0.2) is 13.1 Å². The maximum atomic E-state index is 13.3. The predicted octanol–water partition coefficient (Wildman–Crippen LogP) is 4.32. The normalized spacial score (nSPS) is 25.2. The van der Waals surface area contributed by atoms with Gasteiger partial charge in [0.05, 0.1) is 17.1 Å². The number of carbonyl (C=O) groups is 1. The number of sulfonamides is 1. The molecule has 1 N–H and O–H groups in total. The number of nitrogens with one attached hydrogen (secondary N) is 1. The van der Waals surface area contributed by atoms with Crippen LogP contribution in [0.4, 0.5) is 0 Å². The lowest BCUT2D eigenvalue weighted by Crippen LogP contribution is -2.51. The number of ether oxygens (including phenoxy) is 1. The maximum Gasteiger partial charge on any atom is 0.240 e. The Morgan fingerprint density at radius 2 is 1.61 bits per heavy atom. The van der Waals surface area contributed by atoms with E-state index in [0.717, 1.165) is 22.2 Å². The van der Waals surface area contributed by atoms with Crippen LogP contribution in [0.15, 0.2) is 59.5 Å². The van der Waals surface area contributed by atoms with Crippen molar-refractivity contribution in [3.05, 3.63) is 54.6 Å². The second-order valence-corrected chi connectivity index (χ2v) is 12.1. The Morgan fingerprint density at radius 3 is 2.28 bits per heavy atom. The number of rotatable bonds is 5. The van der Waals surface area contributed by atoms with Gasteiger partial charge in [-0.1, -0.05) is 36.4 Å². The van der Waals surface area contributed by atoms with E-state index in [4.69, 9.17) is 4.74 Å². The molecule has 3 aromatic rings. The van der Waals surface area contributed by atoms with E-state index in [1.54, 1.807) is 12.1 Å². The average molecular weight is 510 g/mol. The average Bonchev–Trinajstić information content (AvgIpc) is 3.19. The number of fused-ring (bicyclic) bond motifs is 1. The summed E-state index contributed by atoms with van der Waals surface area (Å²) >= 11 is 0. The molecule has 2 aliphatic rings. The number of aromatic nitrogens is 1. The van der Waals surface area contributed by atoms with Crippen molar-refractivity contribution in [1.82, 2.24) is 14.2 Å². The molecule has 36 heavy (non-hydrogen) atoms. The first-order valence-corrected chi connectivity index (χ1v) is 14.3. The zero-order valence-corrected chi connectivity index (χ0v) is 22.0. The number of amides is 1. The number of morpholine rings is 1. The van der Waals surface area contributed by atoms with E-state index >= 15 is 0 Å². The Kier molecular flexibility index (Phi) is 6.94. The monoisotopic (exact) mass is 509 g/mol. The Labute approximate surface area is 213 Å². The maximum absolute atomic E-state index is 13.3. The molecule has 8 heteroatoms. The lowest BCUT2D eigenvalue weighted by atomic mass is 9.85. The second-order valence-electron chi connectivity index (χ2n) is 10.3. The fourth-order valence-electron chi connectivity index (χ4n) is 5.72. The summed E-state index contributed by atoms with van der Waals surface area (Å²) in [5.74, 6) is 0.140. The highest BCUT2D eigenvalue weighted by Crippen LogP contribution is 2.31. The molecule has 1 amide bonds. The van der Waals surface area contributed by atoms with Crippen LogP contribution in [0.3, 0.4) is 0 Å². The van der Waals surface area contributed by atoms with Gasteiger partial charge < -0.3 is 14.2 Å². The van der Waals surface area contributed by atoms with E-state index in [-0.39, 0.29) is 35.0 Å². The Balaban J connectivity index is 1.25. The van der Waals surface area contributed by atoms with Crippen LogP contribution in [0.25, 0.3) is 22.2 Å². The van der Waals surface area contributed by atoms with E-state index in [1.807, 2.05) is 54.6 Å². The molecule has 1 saturated carbocycles. The second kappa shape index (κ2) is 10.00. The largest absolute Gasteiger partial charge is 0.372 e. The van der Waals surface area contributed by atoms with Crippen molar-refractivity contribution in [2.75, 3.05) is 13.1 Å². The predicted molar refractivity (Wildman–Crippen MR) is 141 cm³/mol. The topological polar surface area (TPSA) is 80.6 Å². The number of nitrogens with zero attached hydrogens (tertiary/aromatic N) is 2. The molecule has 192 valence electrons. The summed E-state index contributed by atoms with van der Waals surface area (Å²) in [7, 11) is -1.71. The van der Waals surface area contributed by atoms with Crippen molar-refractivity contribution in [2.24, 2.45) is 13.0 Å². The number of hydrogen-bond acceptors (Lipinski definition) is 4. The van der Waals surface area contributed by atoms with Gasteiger partial charge in [-0.2, -0.15) is 0 Å². The lowest BCUT2D eigenvalue weighted by Gasteiger charge is -2.38. The third kappa shape index (κ3) is 5.08. The van der Waals surface area contributed by atoms with Gasteiger partial charge in [0.25, 0.3) is 0 Å². The van der Waals surface area contributed by atoms with E-state index in [9.17, 15) is 13.2 Å². The zero-order valence-electron chi connectivity index (χ0n) is 21.2. The fourth-order valence-corrected chi connectivity index (χ4v) is 7.05. The van der Waals surface area contributed by atoms with Gasteiger partial charge in [0.2, 0.25) is 15.9 Å². The van der Waals surface area contributed by atoms with Crippen molar-refractivity contribution in [3.63, 3.8) is 0 Å². The smallest absolute Gasteiger partial charge is 0.240 e. The van der Waals surface area contributed by atoms with Crippen LogP contribution < -0.4 is 4.72 Å². The van der Waals surface area contributed by atoms with Gasteiger partial charge in [-0.05, 0) is 63.3 Å². The zero-order chi connectivity index (χ0) is 25.4. The molecule has 0 spiro atoms. The highest BCUT2D eigenvalue weighted by molar-refractivity contribution is 7.89. The summed E-state index contributed by atoms with van der Waals surface area (Å²) in [6, 6.07) is 17.3. The quantitative estimate of drug-likeness (QED) is 0.556. The number of carbonyl (C=O) groups excluding carboxylic acids is 1. The third-order valence-electron chi connectivity index (χ3n) is 7.53. The standard InChI is InChI=1S/C28H35N3O4S/c1-19-17-31(18-20(2)35-19)28(32)22-9-12-24(13-10-22)29-36(33,34)25-14-11-23-15-26(30(3)27(23)16-25)21-7-5-4-6-8-21/h4-8,11,14-16,19-20,22,24,29H,9-10,12-13,17-18H2,1-3H3/t19-,20+,22-,24-. The highest BCUT2D eigenvalue weighted by Gasteiger charge is 2.34. The summed E-state index contributed by atoms with van der Waals surface area (Å²) in [5, 5.41) is 1.00. The molecule has 2 aromatic carbocycles. The minimum absolute atomic E-state index is 0.0422. The summed E-state index contributed by atoms with van der Waals surface area (Å²) in [5.41, 5.74) is 3.01. The summed E-state index contributed by atoms with van der Waals surface area (Å²) in [6.45, 7) is 5.25. The van der Waals surface area contributed by atoms with Crippen molar-refractivity contribution in [2.45, 2.75) is 62.7 Å². The minimum Gasteiger partial charge on any atom is -0.372 e. The van der Waals surface area contributed by atoms with Gasteiger partial charge >= 0.3 is 0 Å². The molecule has 0 unspecified atom stereocenters. The number of aryl methyl sites for hydroxylation is 1. The summed E-state index contributed by atoms with van der Waals surface area (Å²) in [4.78, 5) is 15.2. The fraction of sp³-hybridized carbons (Fsp3) is 0.464. The molecule has 2 atom stereocenters. The molecule has 1 aromatic heterocycles. The van der Waals surface area contributed by atoms with Gasteiger partial charge in [0, 0.05) is 48.7 Å². The van der Waals surface area contributed by atoms with Crippen LogP contribution in [0.2, 0.25) is 0 Å². The van der Waals surface area contributed by atoms with Crippen LogP contribution in [0, 0.1) is 5.92 Å². The van der Waals surface area contributed by atoms with Crippen molar-refractivity contribution in [3.8, 4) is 11.3 Å². The van der Waals surface area contributed by atoms with E-state index in [0.29, 0.717) is 38.8 Å². The lowest BCUT2D eigenvalue weighted by molar-refractivity contribution is -0.148. The van der Waals surface area contributed by atoms with Crippen LogP contribution in [0.1, 0.15) is 39.5 Å². The molecule has 2 heterocycles. The van der Waals surface area contributed by atoms with E-state index in [2.05, 4.69) is 22.9 Å². The highest BCUT2D eigenvalue weighted by atomic mass is 32.2. The summed E-state index contributed by atoms with van der Waals surface area (Å²) < 4.78 is 37.2. The molecule has 5 rings (SSSR count).